The largest absolute Gasteiger partial charge is 0.872 e. The maximum atomic E-state index is 13.4. The van der Waals surface area contributed by atoms with Crippen molar-refractivity contribution in [2.75, 3.05) is 13.2 Å². The summed E-state index contributed by atoms with van der Waals surface area (Å²) < 4.78 is 7.52. The highest BCUT2D eigenvalue weighted by Gasteiger charge is 2.43. The molecular formula is C27H27N3O4. The third-order valence-electron chi connectivity index (χ3n) is 5.82. The molecule has 1 N–H and O–H groups in total. The smallest absolute Gasteiger partial charge is 0.295 e. The van der Waals surface area contributed by atoms with Crippen LogP contribution in [0.5, 0.6) is 5.75 Å². The van der Waals surface area contributed by atoms with Gasteiger partial charge in [-0.15, -0.1) is 0 Å². The molecule has 2 aromatic carbocycles. The molecule has 1 aliphatic heterocycles. The maximum absolute atomic E-state index is 13.4. The summed E-state index contributed by atoms with van der Waals surface area (Å²) in [6.45, 7) is 6.95. The average molecular weight is 458 g/mol. The third-order valence-corrected chi connectivity index (χ3v) is 5.82. The van der Waals surface area contributed by atoms with Gasteiger partial charge >= 0.3 is 0 Å². The number of nitrogens with one attached hydrogen (secondary N) is 1. The molecule has 1 unspecified atom stereocenters. The highest BCUT2D eigenvalue weighted by Crippen LogP contribution is 2.39. The molecule has 0 spiro atoms. The quantitative estimate of drug-likeness (QED) is 0.176. The van der Waals surface area contributed by atoms with Crippen LogP contribution in [0.25, 0.3) is 5.76 Å². The van der Waals surface area contributed by atoms with Gasteiger partial charge in [-0.3, -0.25) is 14.6 Å². The normalized spacial score (nSPS) is 17.2. The number of imidazole rings is 1. The molecule has 3 aromatic rings. The number of hydrogen-bond acceptors (Lipinski definition) is 4. The number of ether oxygens (including phenoxy) is 1. The molecule has 1 saturated heterocycles. The van der Waals surface area contributed by atoms with Crippen LogP contribution in [0, 0.1) is 6.92 Å². The second-order valence-corrected chi connectivity index (χ2v) is 8.21. The van der Waals surface area contributed by atoms with E-state index in [1.807, 2.05) is 42.3 Å². The van der Waals surface area contributed by atoms with E-state index in [1.54, 1.807) is 42.5 Å². The molecular weight excluding hydrogens is 430 g/mol. The van der Waals surface area contributed by atoms with Crippen molar-refractivity contribution in [2.45, 2.75) is 25.9 Å². The van der Waals surface area contributed by atoms with Crippen molar-refractivity contribution in [1.29, 1.82) is 0 Å². The van der Waals surface area contributed by atoms with Crippen LogP contribution in [-0.4, -0.2) is 34.7 Å². The lowest BCUT2D eigenvalue weighted by molar-refractivity contribution is -0.695. The van der Waals surface area contributed by atoms with Crippen LogP contribution in [0.3, 0.4) is 0 Å². The van der Waals surface area contributed by atoms with Gasteiger partial charge < -0.3 is 14.7 Å². The van der Waals surface area contributed by atoms with Gasteiger partial charge in [0.15, 0.2) is 0 Å². The number of amides is 1. The number of aryl methyl sites for hydroxylation is 2. The Morgan fingerprint density at radius 2 is 1.91 bits per heavy atom. The summed E-state index contributed by atoms with van der Waals surface area (Å²) in [6, 6.07) is 13.4. The van der Waals surface area contributed by atoms with Crippen molar-refractivity contribution in [3.05, 3.63) is 102 Å². The number of hydrogen-bond donors (Lipinski definition) is 1. The summed E-state index contributed by atoms with van der Waals surface area (Å²) in [4.78, 5) is 30.6. The van der Waals surface area contributed by atoms with Gasteiger partial charge in [-0.05, 0) is 30.2 Å². The molecule has 2 heterocycles. The van der Waals surface area contributed by atoms with Gasteiger partial charge in [-0.25, -0.2) is 4.57 Å². The minimum Gasteiger partial charge on any atom is -0.872 e. The molecule has 1 amide bonds. The van der Waals surface area contributed by atoms with E-state index in [0.717, 1.165) is 5.56 Å². The molecule has 174 valence electrons. The number of carbonyl (C=O) groups excluding carboxylic acids is 2. The number of aromatic amines is 1. The lowest BCUT2D eigenvalue weighted by atomic mass is 9.95. The van der Waals surface area contributed by atoms with Crippen molar-refractivity contribution in [3.8, 4) is 5.75 Å². The standard InChI is InChI=1S/C27H27N3O4/c1-3-17-34-22-11-9-20(10-12-22)24-23(25(31)21-7-5-19(2)6-8-21)26(32)27(33)30(24)15-4-14-29-16-13-28-18-29/h3,5-13,16,18,24H,1,4,14-15,17H2,2H3,(H,31,32). The van der Waals surface area contributed by atoms with Gasteiger partial charge in [-0.2, -0.15) is 0 Å². The highest BCUT2D eigenvalue weighted by atomic mass is 16.5. The van der Waals surface area contributed by atoms with Crippen LogP contribution < -0.4 is 14.4 Å². The first-order valence-corrected chi connectivity index (χ1v) is 11.2. The molecule has 1 aromatic heterocycles. The number of H-pyrrole nitrogens is 1. The minimum atomic E-state index is -0.751. The molecule has 0 bridgehead atoms. The zero-order valence-corrected chi connectivity index (χ0v) is 19.1. The van der Waals surface area contributed by atoms with E-state index in [0.29, 0.717) is 43.0 Å². The van der Waals surface area contributed by atoms with E-state index < -0.39 is 23.5 Å². The summed E-state index contributed by atoms with van der Waals surface area (Å²) in [5.74, 6) is -1.16. The topological polar surface area (TPSA) is 89.3 Å². The van der Waals surface area contributed by atoms with Crippen LogP contribution in [0.1, 0.15) is 29.2 Å². The van der Waals surface area contributed by atoms with E-state index >= 15 is 0 Å². The van der Waals surface area contributed by atoms with E-state index in [2.05, 4.69) is 11.6 Å². The number of Topliss-reactive ketones (excluding diaryl/α,β-unsaturated/α-hetero) is 1. The average Bonchev–Trinajstić information content (AvgIpc) is 3.45. The predicted octanol–water partition coefficient (Wildman–Crippen LogP) is 2.49. The number of rotatable bonds is 9. The fraction of sp³-hybridized carbons (Fsp3) is 0.222. The van der Waals surface area contributed by atoms with Crippen molar-refractivity contribution in [1.82, 2.24) is 9.88 Å². The Kier molecular flexibility index (Phi) is 6.92. The number of carbonyl (C=O) groups is 2. The summed E-state index contributed by atoms with van der Waals surface area (Å²) in [7, 11) is 0. The monoisotopic (exact) mass is 457 g/mol. The molecule has 0 aliphatic carbocycles. The maximum Gasteiger partial charge on any atom is 0.295 e. The Morgan fingerprint density at radius 3 is 2.56 bits per heavy atom. The van der Waals surface area contributed by atoms with Crippen molar-refractivity contribution in [3.63, 3.8) is 0 Å². The zero-order chi connectivity index (χ0) is 24.1. The predicted molar refractivity (Wildman–Crippen MR) is 125 cm³/mol. The number of likely N-dealkylation sites (tertiary alicyclic amines) is 1. The summed E-state index contributed by atoms with van der Waals surface area (Å²) in [5, 5.41) is 13.4. The Hall–Kier alpha value is -4.13. The van der Waals surface area contributed by atoms with E-state index in [9.17, 15) is 14.7 Å². The van der Waals surface area contributed by atoms with E-state index in [1.165, 1.54) is 4.90 Å². The van der Waals surface area contributed by atoms with Crippen molar-refractivity contribution in [2.24, 2.45) is 0 Å². The molecule has 1 fully saturated rings. The first-order valence-electron chi connectivity index (χ1n) is 11.2. The highest BCUT2D eigenvalue weighted by molar-refractivity contribution is 6.46. The van der Waals surface area contributed by atoms with Crippen LogP contribution in [0.4, 0.5) is 0 Å². The van der Waals surface area contributed by atoms with E-state index in [-0.39, 0.29) is 5.57 Å². The fourth-order valence-electron chi connectivity index (χ4n) is 4.09. The molecule has 4 rings (SSSR count). The molecule has 7 heteroatoms. The van der Waals surface area contributed by atoms with Crippen LogP contribution >= 0.6 is 0 Å². The number of benzene rings is 2. The zero-order valence-electron chi connectivity index (χ0n) is 19.1. The fourth-order valence-corrected chi connectivity index (χ4v) is 4.09. The summed E-state index contributed by atoms with van der Waals surface area (Å²) in [6.07, 6.45) is 7.82. The van der Waals surface area contributed by atoms with Crippen LogP contribution in [0.15, 0.2) is 85.5 Å². The van der Waals surface area contributed by atoms with Gasteiger partial charge in [0.25, 0.3) is 5.91 Å². The molecule has 1 atom stereocenters. The minimum absolute atomic E-state index is 0.0112. The summed E-state index contributed by atoms with van der Waals surface area (Å²) >= 11 is 0. The third kappa shape index (κ3) is 4.78. The Balaban J connectivity index is 1.70. The molecule has 7 nitrogen and oxygen atoms in total. The second-order valence-electron chi connectivity index (χ2n) is 8.21. The van der Waals surface area contributed by atoms with Gasteiger partial charge in [0.1, 0.15) is 24.8 Å². The molecule has 0 radical (unpaired) electrons. The summed E-state index contributed by atoms with van der Waals surface area (Å²) in [5.41, 5.74) is 2.08. The van der Waals surface area contributed by atoms with Crippen molar-refractivity contribution < 1.29 is 24.0 Å². The van der Waals surface area contributed by atoms with Gasteiger partial charge in [0, 0.05) is 18.5 Å². The first kappa shape index (κ1) is 23.0. The number of ketones is 1. The Bertz CT molecular complexity index is 1200. The van der Waals surface area contributed by atoms with Gasteiger partial charge in [0.2, 0.25) is 12.1 Å². The van der Waals surface area contributed by atoms with E-state index in [4.69, 9.17) is 4.74 Å². The number of nitrogens with zero attached hydrogens (tertiary/aromatic N) is 2. The van der Waals surface area contributed by atoms with Crippen molar-refractivity contribution >= 4 is 17.4 Å². The van der Waals surface area contributed by atoms with Crippen LogP contribution in [-0.2, 0) is 16.1 Å². The first-order chi connectivity index (χ1) is 16.5. The van der Waals surface area contributed by atoms with Crippen LogP contribution in [0.2, 0.25) is 0 Å². The van der Waals surface area contributed by atoms with Gasteiger partial charge in [-0.1, -0.05) is 60.4 Å². The van der Waals surface area contributed by atoms with Gasteiger partial charge in [0.05, 0.1) is 12.6 Å². The lowest BCUT2D eigenvalue weighted by Gasteiger charge is -2.27. The SMILES string of the molecule is C=CCOc1ccc(C2C(=C([O-])c3ccc(C)cc3)C(=O)C(=O)N2CCC[n+]2cc[nH]c2)cc1. The Labute approximate surface area is 198 Å². The molecule has 1 aliphatic rings. The Morgan fingerprint density at radius 1 is 1.18 bits per heavy atom. The molecule has 0 saturated carbocycles. The molecule has 34 heavy (non-hydrogen) atoms. The lowest BCUT2D eigenvalue weighted by Crippen LogP contribution is -2.36. The second kappa shape index (κ2) is 10.2. The number of aromatic nitrogens is 2.